The van der Waals surface area contributed by atoms with Crippen LogP contribution in [0.15, 0.2) is 0 Å². The molecule has 1 aliphatic heterocycles. The molecule has 1 saturated heterocycles. The lowest BCUT2D eigenvalue weighted by atomic mass is 9.63. The molecule has 0 bridgehead atoms. The highest BCUT2D eigenvalue weighted by Gasteiger charge is 2.43. The molecule has 2 saturated carbocycles. The Bertz CT molecular complexity index is 409. The van der Waals surface area contributed by atoms with E-state index >= 15 is 0 Å². The summed E-state index contributed by atoms with van der Waals surface area (Å²) in [4.78, 5) is 0. The van der Waals surface area contributed by atoms with Crippen LogP contribution in [0.4, 0.5) is 0 Å². The van der Waals surface area contributed by atoms with Gasteiger partial charge in [0.15, 0.2) is 0 Å². The summed E-state index contributed by atoms with van der Waals surface area (Å²) in [5.74, 6) is 2.82. The molecule has 1 nitrogen and oxygen atoms in total. The first-order chi connectivity index (χ1) is 14.3. The van der Waals surface area contributed by atoms with Crippen LogP contribution in [0, 0.1) is 17.8 Å². The summed E-state index contributed by atoms with van der Waals surface area (Å²) in [6.07, 6.45) is 32.8. The lowest BCUT2D eigenvalue weighted by Gasteiger charge is -2.49. The number of hydrogen-bond acceptors (Lipinski definition) is 1. The van der Waals surface area contributed by atoms with Gasteiger partial charge in [-0.15, -0.1) is 0 Å². The molecule has 1 heteroatoms. The van der Waals surface area contributed by atoms with Gasteiger partial charge in [0.2, 0.25) is 0 Å². The molecule has 1 N–H and O–H groups in total. The molecule has 0 aromatic carbocycles. The number of rotatable bonds is 1. The summed E-state index contributed by atoms with van der Waals surface area (Å²) in [6.45, 7) is 3.99. The van der Waals surface area contributed by atoms with Gasteiger partial charge in [0.05, 0.1) is 0 Å². The molecule has 3 unspecified atom stereocenters. The molecular formula is C28H53N. The van der Waals surface area contributed by atoms with Gasteiger partial charge in [0, 0.05) is 5.54 Å². The first kappa shape index (κ1) is 23.6. The van der Waals surface area contributed by atoms with Crippen LogP contribution in [0.25, 0.3) is 0 Å². The maximum atomic E-state index is 4.30. The SMILES string of the molecule is CC12NCCCCCCCC1CCCCCCCCC2C1CCCCCCCC1. The highest BCUT2D eigenvalue weighted by Crippen LogP contribution is 2.44. The maximum Gasteiger partial charge on any atom is 0.0212 e. The zero-order valence-electron chi connectivity index (χ0n) is 20.0. The second kappa shape index (κ2) is 13.4. The summed E-state index contributed by atoms with van der Waals surface area (Å²) in [5, 5.41) is 4.30. The van der Waals surface area contributed by atoms with Crippen LogP contribution in [-0.4, -0.2) is 12.1 Å². The number of fused-ring (bicyclic) bond motifs is 1. The fraction of sp³-hybridized carbons (Fsp3) is 1.00. The van der Waals surface area contributed by atoms with Crippen LogP contribution in [-0.2, 0) is 0 Å². The van der Waals surface area contributed by atoms with Gasteiger partial charge in [-0.1, -0.05) is 116 Å². The van der Waals surface area contributed by atoms with Crippen molar-refractivity contribution >= 4 is 0 Å². The predicted octanol–water partition coefficient (Wildman–Crippen LogP) is 8.81. The second-order valence-corrected chi connectivity index (χ2v) is 11.2. The van der Waals surface area contributed by atoms with Crippen molar-refractivity contribution in [2.75, 3.05) is 6.54 Å². The third-order valence-electron chi connectivity index (χ3n) is 9.14. The first-order valence-electron chi connectivity index (χ1n) is 14.1. The minimum atomic E-state index is 0.389. The molecule has 3 aliphatic rings. The third-order valence-corrected chi connectivity index (χ3v) is 9.14. The van der Waals surface area contributed by atoms with Crippen LogP contribution in [0.2, 0.25) is 0 Å². The fourth-order valence-corrected chi connectivity index (χ4v) is 7.28. The quantitative estimate of drug-likeness (QED) is 0.461. The molecule has 0 spiro atoms. The molecule has 0 amide bonds. The average Bonchev–Trinajstić information content (AvgIpc) is 2.84. The molecule has 0 radical (unpaired) electrons. The maximum absolute atomic E-state index is 4.30. The van der Waals surface area contributed by atoms with Crippen LogP contribution in [0.1, 0.15) is 148 Å². The molecule has 2 aliphatic carbocycles. The molecule has 170 valence electrons. The molecular weight excluding hydrogens is 350 g/mol. The molecule has 0 aromatic heterocycles. The summed E-state index contributed by atoms with van der Waals surface area (Å²) in [7, 11) is 0. The standard InChI is InChI=1S/C28H53N/c1-28-26(22-16-10-6-12-18-24-29-28)21-15-9-4-5-11-17-23-27(28)25-19-13-7-2-3-8-14-20-25/h25-27,29H,2-24H2,1H3. The lowest BCUT2D eigenvalue weighted by molar-refractivity contribution is 0.0620. The van der Waals surface area contributed by atoms with Crippen LogP contribution >= 0.6 is 0 Å². The molecule has 3 rings (SSSR count). The van der Waals surface area contributed by atoms with E-state index in [-0.39, 0.29) is 0 Å². The first-order valence-corrected chi connectivity index (χ1v) is 14.1. The number of nitrogens with one attached hydrogen (secondary N) is 1. The summed E-state index contributed by atoms with van der Waals surface area (Å²) >= 11 is 0. The third kappa shape index (κ3) is 7.55. The van der Waals surface area contributed by atoms with Gasteiger partial charge in [-0.25, -0.2) is 0 Å². The van der Waals surface area contributed by atoms with E-state index in [0.29, 0.717) is 5.54 Å². The highest BCUT2D eigenvalue weighted by molar-refractivity contribution is 4.99. The zero-order chi connectivity index (χ0) is 20.2. The Morgan fingerprint density at radius 1 is 0.483 bits per heavy atom. The lowest BCUT2D eigenvalue weighted by Crippen LogP contribution is -2.57. The van der Waals surface area contributed by atoms with Crippen molar-refractivity contribution in [3.05, 3.63) is 0 Å². The fourth-order valence-electron chi connectivity index (χ4n) is 7.28. The molecule has 1 heterocycles. The van der Waals surface area contributed by atoms with Crippen molar-refractivity contribution in [3.8, 4) is 0 Å². The normalized spacial score (nSPS) is 35.9. The Kier molecular flexibility index (Phi) is 10.9. The van der Waals surface area contributed by atoms with E-state index in [4.69, 9.17) is 0 Å². The van der Waals surface area contributed by atoms with Crippen LogP contribution in [0.3, 0.4) is 0 Å². The second-order valence-electron chi connectivity index (χ2n) is 11.2. The van der Waals surface area contributed by atoms with Crippen LogP contribution < -0.4 is 5.32 Å². The monoisotopic (exact) mass is 403 g/mol. The minimum Gasteiger partial charge on any atom is -0.311 e. The van der Waals surface area contributed by atoms with E-state index in [1.807, 2.05) is 0 Å². The Morgan fingerprint density at radius 3 is 1.45 bits per heavy atom. The Morgan fingerprint density at radius 2 is 0.897 bits per heavy atom. The van der Waals surface area contributed by atoms with Gasteiger partial charge < -0.3 is 5.32 Å². The summed E-state index contributed by atoms with van der Waals surface area (Å²) in [5.41, 5.74) is 0.389. The van der Waals surface area contributed by atoms with Crippen LogP contribution in [0.5, 0.6) is 0 Å². The van der Waals surface area contributed by atoms with Gasteiger partial charge in [-0.3, -0.25) is 0 Å². The van der Waals surface area contributed by atoms with Crippen molar-refractivity contribution in [3.63, 3.8) is 0 Å². The molecule has 0 aromatic rings. The van der Waals surface area contributed by atoms with Crippen molar-refractivity contribution < 1.29 is 0 Å². The average molecular weight is 404 g/mol. The summed E-state index contributed by atoms with van der Waals surface area (Å²) < 4.78 is 0. The van der Waals surface area contributed by atoms with Gasteiger partial charge in [-0.05, 0) is 56.9 Å². The molecule has 3 fully saturated rings. The Hall–Kier alpha value is -0.0400. The minimum absolute atomic E-state index is 0.389. The Labute approximate surface area is 183 Å². The smallest absolute Gasteiger partial charge is 0.0212 e. The van der Waals surface area contributed by atoms with E-state index in [1.54, 1.807) is 0 Å². The predicted molar refractivity (Wildman–Crippen MR) is 128 cm³/mol. The van der Waals surface area contributed by atoms with E-state index in [1.165, 1.54) is 148 Å². The van der Waals surface area contributed by atoms with E-state index in [2.05, 4.69) is 12.2 Å². The molecule has 3 atom stereocenters. The summed E-state index contributed by atoms with van der Waals surface area (Å²) in [6, 6.07) is 0. The van der Waals surface area contributed by atoms with Crippen molar-refractivity contribution in [1.29, 1.82) is 0 Å². The molecule has 29 heavy (non-hydrogen) atoms. The van der Waals surface area contributed by atoms with E-state index in [9.17, 15) is 0 Å². The van der Waals surface area contributed by atoms with Crippen molar-refractivity contribution in [1.82, 2.24) is 5.32 Å². The van der Waals surface area contributed by atoms with Gasteiger partial charge >= 0.3 is 0 Å². The topological polar surface area (TPSA) is 12.0 Å². The van der Waals surface area contributed by atoms with Crippen molar-refractivity contribution in [2.45, 2.75) is 154 Å². The van der Waals surface area contributed by atoms with Crippen molar-refractivity contribution in [2.24, 2.45) is 17.8 Å². The van der Waals surface area contributed by atoms with Gasteiger partial charge in [0.1, 0.15) is 0 Å². The van der Waals surface area contributed by atoms with Gasteiger partial charge in [0.25, 0.3) is 0 Å². The Balaban J connectivity index is 1.84. The largest absolute Gasteiger partial charge is 0.311 e. The van der Waals surface area contributed by atoms with E-state index in [0.717, 1.165) is 17.8 Å². The van der Waals surface area contributed by atoms with E-state index < -0.39 is 0 Å². The zero-order valence-corrected chi connectivity index (χ0v) is 20.0. The highest BCUT2D eigenvalue weighted by atomic mass is 15.0. The van der Waals surface area contributed by atoms with Gasteiger partial charge in [-0.2, -0.15) is 0 Å². The number of hydrogen-bond donors (Lipinski definition) is 1.